The van der Waals surface area contributed by atoms with Gasteiger partial charge in [-0.15, -0.1) is 0 Å². The van der Waals surface area contributed by atoms with E-state index in [0.717, 1.165) is 0 Å². The third-order valence-electron chi connectivity index (χ3n) is 6.66. The van der Waals surface area contributed by atoms with E-state index >= 15 is 0 Å². The van der Waals surface area contributed by atoms with Gasteiger partial charge in [0.25, 0.3) is 0 Å². The van der Waals surface area contributed by atoms with Gasteiger partial charge in [-0.1, -0.05) is 12.1 Å². The molecule has 0 aliphatic carbocycles. The number of methoxy groups -OCH3 is 1. The lowest BCUT2D eigenvalue weighted by molar-refractivity contribution is -0.0822. The van der Waals surface area contributed by atoms with Crippen molar-refractivity contribution in [1.29, 1.82) is 0 Å². The average Bonchev–Trinajstić information content (AvgIpc) is 2.88. The highest BCUT2D eigenvalue weighted by Gasteiger charge is 2.40. The first-order chi connectivity index (χ1) is 18.4. The Bertz CT molecular complexity index is 1410. The number of ether oxygens (including phenoxy) is 5. The summed E-state index contributed by atoms with van der Waals surface area (Å²) in [6, 6.07) is 13.1. The number of aliphatic hydroxyl groups is 1. The van der Waals surface area contributed by atoms with Gasteiger partial charge in [0.1, 0.15) is 17.1 Å². The number of Topliss-reactive ketones (excluding diaryl/α,β-unsaturated/α-hetero) is 1. The van der Waals surface area contributed by atoms with E-state index in [1.807, 2.05) is 20.8 Å². The smallest absolute Gasteiger partial charge is 0.202 e. The maximum absolute atomic E-state index is 12.9. The van der Waals surface area contributed by atoms with Gasteiger partial charge < -0.3 is 39.0 Å². The Balaban J connectivity index is 1.49. The van der Waals surface area contributed by atoms with Gasteiger partial charge in [0.15, 0.2) is 47.4 Å². The van der Waals surface area contributed by atoms with Crippen LogP contribution in [0, 0.1) is 6.92 Å². The van der Waals surface area contributed by atoms with Crippen LogP contribution in [0.5, 0.6) is 34.5 Å². The standard InChI is InChI=1S/C30H32O9/c1-15-10-19(32)25-23(11-15)39-29(27(34)26(25)33)17-7-9-20-22(13-17)38-28(24(37-20)14-36-30(2,3)4)16-6-8-18(31)21(12-16)35-5/h6-13,24,27-29,31-32,34H,14H2,1-5H3/t24-,27+,28-,29-/m0/s1. The van der Waals surface area contributed by atoms with E-state index in [1.165, 1.54) is 19.2 Å². The molecular weight excluding hydrogens is 504 g/mol. The van der Waals surface area contributed by atoms with Crippen LogP contribution in [-0.4, -0.2) is 52.6 Å². The molecule has 5 rings (SSSR count). The molecule has 0 bridgehead atoms. The largest absolute Gasteiger partial charge is 0.507 e. The second-order valence-corrected chi connectivity index (χ2v) is 10.8. The molecule has 3 aromatic carbocycles. The van der Waals surface area contributed by atoms with Gasteiger partial charge in [0, 0.05) is 5.56 Å². The zero-order chi connectivity index (χ0) is 28.1. The fourth-order valence-electron chi connectivity index (χ4n) is 4.75. The molecule has 0 saturated heterocycles. The Morgan fingerprint density at radius 1 is 0.846 bits per heavy atom. The highest BCUT2D eigenvalue weighted by atomic mass is 16.6. The lowest BCUT2D eigenvalue weighted by Gasteiger charge is -2.36. The van der Waals surface area contributed by atoms with Crippen molar-refractivity contribution in [3.05, 3.63) is 70.8 Å². The number of ketones is 1. The summed E-state index contributed by atoms with van der Waals surface area (Å²) in [5.74, 6) is 0.494. The summed E-state index contributed by atoms with van der Waals surface area (Å²) >= 11 is 0. The fraction of sp³-hybridized carbons (Fsp3) is 0.367. The molecule has 9 heteroatoms. The summed E-state index contributed by atoms with van der Waals surface area (Å²) < 4.78 is 30.1. The molecule has 0 aromatic heterocycles. The lowest BCUT2D eigenvalue weighted by Crippen LogP contribution is -2.39. The summed E-state index contributed by atoms with van der Waals surface area (Å²) in [5, 5.41) is 31.2. The van der Waals surface area contributed by atoms with Crippen LogP contribution in [0.1, 0.15) is 60.0 Å². The molecule has 2 heterocycles. The van der Waals surface area contributed by atoms with Gasteiger partial charge in [-0.25, -0.2) is 0 Å². The molecule has 3 N–H and O–H groups in total. The van der Waals surface area contributed by atoms with Crippen LogP contribution in [-0.2, 0) is 4.74 Å². The van der Waals surface area contributed by atoms with Gasteiger partial charge in [-0.05, 0) is 75.2 Å². The van der Waals surface area contributed by atoms with Crippen molar-refractivity contribution in [2.45, 2.75) is 57.7 Å². The van der Waals surface area contributed by atoms with E-state index < -0.39 is 35.8 Å². The molecular formula is C30H32O9. The minimum Gasteiger partial charge on any atom is -0.507 e. The normalized spacial score (nSPS) is 22.2. The van der Waals surface area contributed by atoms with Crippen molar-refractivity contribution >= 4 is 5.78 Å². The van der Waals surface area contributed by atoms with Crippen molar-refractivity contribution in [1.82, 2.24) is 0 Å². The quantitative estimate of drug-likeness (QED) is 0.422. The van der Waals surface area contributed by atoms with Crippen LogP contribution < -0.4 is 18.9 Å². The van der Waals surface area contributed by atoms with Crippen molar-refractivity contribution in [3.8, 4) is 34.5 Å². The Morgan fingerprint density at radius 2 is 1.54 bits per heavy atom. The average molecular weight is 537 g/mol. The van der Waals surface area contributed by atoms with Crippen molar-refractivity contribution in [2.24, 2.45) is 0 Å². The molecule has 0 spiro atoms. The molecule has 0 saturated carbocycles. The molecule has 9 nitrogen and oxygen atoms in total. The number of hydrogen-bond donors (Lipinski definition) is 3. The van der Waals surface area contributed by atoms with Crippen LogP contribution in [0.3, 0.4) is 0 Å². The summed E-state index contributed by atoms with van der Waals surface area (Å²) in [4.78, 5) is 12.9. The predicted molar refractivity (Wildman–Crippen MR) is 141 cm³/mol. The first kappa shape index (κ1) is 26.6. The van der Waals surface area contributed by atoms with Crippen molar-refractivity contribution in [3.63, 3.8) is 0 Å². The third kappa shape index (κ3) is 5.20. The molecule has 0 fully saturated rings. The van der Waals surface area contributed by atoms with Crippen LogP contribution in [0.25, 0.3) is 0 Å². The maximum atomic E-state index is 12.9. The number of fused-ring (bicyclic) bond motifs is 2. The molecule has 2 aliphatic heterocycles. The Kier molecular flexibility index (Phi) is 6.82. The van der Waals surface area contributed by atoms with E-state index in [9.17, 15) is 20.1 Å². The third-order valence-corrected chi connectivity index (χ3v) is 6.66. The Morgan fingerprint density at radius 3 is 2.26 bits per heavy atom. The monoisotopic (exact) mass is 536 g/mol. The van der Waals surface area contributed by atoms with E-state index in [4.69, 9.17) is 23.7 Å². The Labute approximate surface area is 226 Å². The summed E-state index contributed by atoms with van der Waals surface area (Å²) in [7, 11) is 1.47. The predicted octanol–water partition coefficient (Wildman–Crippen LogP) is 4.79. The minimum atomic E-state index is -1.53. The van der Waals surface area contributed by atoms with Crippen LogP contribution in [0.4, 0.5) is 0 Å². The van der Waals surface area contributed by atoms with Gasteiger partial charge in [0.2, 0.25) is 5.78 Å². The maximum Gasteiger partial charge on any atom is 0.202 e. The van der Waals surface area contributed by atoms with E-state index in [2.05, 4.69) is 0 Å². The summed E-state index contributed by atoms with van der Waals surface area (Å²) in [6.45, 7) is 7.86. The van der Waals surface area contributed by atoms with Crippen molar-refractivity contribution in [2.75, 3.05) is 13.7 Å². The van der Waals surface area contributed by atoms with Crippen LogP contribution in [0.15, 0.2) is 48.5 Å². The number of phenolic OH excluding ortho intramolecular Hbond substituents is 2. The van der Waals surface area contributed by atoms with Gasteiger partial charge >= 0.3 is 0 Å². The molecule has 2 aliphatic rings. The van der Waals surface area contributed by atoms with Gasteiger partial charge in [0.05, 0.1) is 19.3 Å². The SMILES string of the molecule is COc1cc([C@@H]2Oc3cc([C@@H]4Oc5cc(C)cc(O)c5C(=O)[C@H]4O)ccc3O[C@H]2COC(C)(C)C)ccc1O. The van der Waals surface area contributed by atoms with Crippen molar-refractivity contribution < 1.29 is 43.8 Å². The number of phenols is 2. The number of aliphatic hydroxyl groups excluding tert-OH is 1. The number of aryl methyl sites for hydroxylation is 1. The van der Waals surface area contributed by atoms with Gasteiger partial charge in [-0.2, -0.15) is 0 Å². The molecule has 0 unspecified atom stereocenters. The highest BCUT2D eigenvalue weighted by Crippen LogP contribution is 2.45. The number of carbonyl (C=O) groups excluding carboxylic acids is 1. The number of benzene rings is 3. The molecule has 4 atom stereocenters. The number of rotatable bonds is 5. The van der Waals surface area contributed by atoms with E-state index in [-0.39, 0.29) is 29.4 Å². The molecule has 0 radical (unpaired) electrons. The zero-order valence-corrected chi connectivity index (χ0v) is 22.4. The van der Waals surface area contributed by atoms with E-state index in [1.54, 1.807) is 43.3 Å². The van der Waals surface area contributed by atoms with Crippen LogP contribution in [0.2, 0.25) is 0 Å². The first-order valence-electron chi connectivity index (χ1n) is 12.7. The second kappa shape index (κ2) is 9.98. The number of aromatic hydroxyl groups is 2. The van der Waals surface area contributed by atoms with Crippen LogP contribution >= 0.6 is 0 Å². The molecule has 39 heavy (non-hydrogen) atoms. The number of carbonyl (C=O) groups is 1. The van der Waals surface area contributed by atoms with Gasteiger partial charge in [-0.3, -0.25) is 4.79 Å². The number of hydrogen-bond acceptors (Lipinski definition) is 9. The second-order valence-electron chi connectivity index (χ2n) is 10.8. The molecule has 206 valence electrons. The lowest BCUT2D eigenvalue weighted by atomic mass is 9.92. The minimum absolute atomic E-state index is 0.00203. The summed E-state index contributed by atoms with van der Waals surface area (Å²) in [6.07, 6.45) is -3.69. The molecule has 0 amide bonds. The van der Waals surface area contributed by atoms with E-state index in [0.29, 0.717) is 33.9 Å². The Hall–Kier alpha value is -3.95. The topological polar surface area (TPSA) is 124 Å². The molecule has 3 aromatic rings. The highest BCUT2D eigenvalue weighted by molar-refractivity contribution is 6.05. The summed E-state index contributed by atoms with van der Waals surface area (Å²) in [5.41, 5.74) is 1.47. The fourth-order valence-corrected chi connectivity index (χ4v) is 4.75. The zero-order valence-electron chi connectivity index (χ0n) is 22.4. The first-order valence-corrected chi connectivity index (χ1v) is 12.7.